The van der Waals surface area contributed by atoms with Gasteiger partial charge >= 0.3 is 0 Å². The van der Waals surface area contributed by atoms with Gasteiger partial charge in [-0.3, -0.25) is 4.99 Å². The summed E-state index contributed by atoms with van der Waals surface area (Å²) in [5.74, 6) is 1.88. The molecule has 1 fully saturated rings. The van der Waals surface area contributed by atoms with Crippen LogP contribution in [0.5, 0.6) is 0 Å². The third kappa shape index (κ3) is 6.52. The first-order valence-electron chi connectivity index (χ1n) is 8.54. The lowest BCUT2D eigenvalue weighted by atomic mass is 10.1. The summed E-state index contributed by atoms with van der Waals surface area (Å²) in [6, 6.07) is 3.92. The van der Waals surface area contributed by atoms with Crippen molar-refractivity contribution in [1.29, 1.82) is 0 Å². The van der Waals surface area contributed by atoms with E-state index < -0.39 is 0 Å². The molecule has 1 aliphatic rings. The number of guanidine groups is 1. The smallest absolute Gasteiger partial charge is 0.191 e. The lowest BCUT2D eigenvalue weighted by Crippen LogP contribution is -2.39. The molecule has 0 aromatic carbocycles. The van der Waals surface area contributed by atoms with E-state index >= 15 is 0 Å². The monoisotopic (exact) mass is 307 g/mol. The molecule has 2 rings (SSSR count). The third-order valence-electron chi connectivity index (χ3n) is 3.79. The minimum Gasteiger partial charge on any atom is -0.469 e. The number of unbranched alkanes of at least 4 members (excludes halogenated alkanes) is 1. The Bertz CT molecular complexity index is 412. The molecule has 0 saturated carbocycles. The van der Waals surface area contributed by atoms with E-state index in [1.807, 2.05) is 12.1 Å². The summed E-state index contributed by atoms with van der Waals surface area (Å²) in [6.45, 7) is 5.58. The number of hydrogen-bond donors (Lipinski definition) is 2. The first kappa shape index (κ1) is 16.9. The van der Waals surface area contributed by atoms with Gasteiger partial charge < -0.3 is 19.8 Å². The van der Waals surface area contributed by atoms with Crippen LogP contribution in [0.15, 0.2) is 27.8 Å². The SMILES string of the molecule is CCCCNC(=NCC1CCCCO1)NCCc1ccco1. The lowest BCUT2D eigenvalue weighted by molar-refractivity contribution is 0.0224. The highest BCUT2D eigenvalue weighted by molar-refractivity contribution is 5.79. The van der Waals surface area contributed by atoms with Crippen molar-refractivity contribution in [2.75, 3.05) is 26.2 Å². The Morgan fingerprint density at radius 1 is 1.32 bits per heavy atom. The molecule has 124 valence electrons. The van der Waals surface area contributed by atoms with E-state index in [1.165, 1.54) is 19.3 Å². The minimum absolute atomic E-state index is 0.281. The van der Waals surface area contributed by atoms with Gasteiger partial charge in [0.05, 0.1) is 18.9 Å². The van der Waals surface area contributed by atoms with Gasteiger partial charge in [-0.25, -0.2) is 0 Å². The van der Waals surface area contributed by atoms with Gasteiger partial charge in [-0.2, -0.15) is 0 Å². The average molecular weight is 307 g/mol. The van der Waals surface area contributed by atoms with Crippen LogP contribution in [0.1, 0.15) is 44.8 Å². The molecule has 5 heteroatoms. The minimum atomic E-state index is 0.281. The molecule has 0 radical (unpaired) electrons. The van der Waals surface area contributed by atoms with Crippen LogP contribution in [0.4, 0.5) is 0 Å². The second-order valence-corrected chi connectivity index (χ2v) is 5.71. The van der Waals surface area contributed by atoms with Crippen molar-refractivity contribution in [2.45, 2.75) is 51.6 Å². The summed E-state index contributed by atoms with van der Waals surface area (Å²) in [7, 11) is 0. The molecule has 1 aromatic rings. The maximum absolute atomic E-state index is 5.74. The lowest BCUT2D eigenvalue weighted by Gasteiger charge is -2.21. The first-order chi connectivity index (χ1) is 10.9. The summed E-state index contributed by atoms with van der Waals surface area (Å²) in [5.41, 5.74) is 0. The summed E-state index contributed by atoms with van der Waals surface area (Å²) in [4.78, 5) is 4.68. The number of ether oxygens (including phenoxy) is 1. The van der Waals surface area contributed by atoms with Gasteiger partial charge in [-0.1, -0.05) is 13.3 Å². The Balaban J connectivity index is 1.75. The fraction of sp³-hybridized carbons (Fsp3) is 0.706. The largest absolute Gasteiger partial charge is 0.469 e. The van der Waals surface area contributed by atoms with Crippen molar-refractivity contribution in [3.05, 3.63) is 24.2 Å². The molecule has 0 amide bonds. The van der Waals surface area contributed by atoms with E-state index in [-0.39, 0.29) is 6.10 Å². The molecule has 2 heterocycles. The predicted octanol–water partition coefficient (Wildman–Crippen LogP) is 2.73. The number of furan rings is 1. The van der Waals surface area contributed by atoms with Crippen LogP contribution in [-0.4, -0.2) is 38.3 Å². The summed E-state index contributed by atoms with van der Waals surface area (Å²) in [6.07, 6.45) is 8.75. The summed E-state index contributed by atoms with van der Waals surface area (Å²) in [5, 5.41) is 6.77. The second-order valence-electron chi connectivity index (χ2n) is 5.71. The summed E-state index contributed by atoms with van der Waals surface area (Å²) >= 11 is 0. The van der Waals surface area contributed by atoms with Crippen molar-refractivity contribution < 1.29 is 9.15 Å². The number of nitrogens with zero attached hydrogens (tertiary/aromatic N) is 1. The number of rotatable bonds is 8. The van der Waals surface area contributed by atoms with Crippen molar-refractivity contribution >= 4 is 5.96 Å². The fourth-order valence-corrected chi connectivity index (χ4v) is 2.46. The molecule has 1 atom stereocenters. The molecule has 1 unspecified atom stereocenters. The average Bonchev–Trinajstić information content (AvgIpc) is 3.06. The Hall–Kier alpha value is -1.49. The molecule has 0 spiro atoms. The normalized spacial score (nSPS) is 19.1. The van der Waals surface area contributed by atoms with Gasteiger partial charge in [-0.15, -0.1) is 0 Å². The summed E-state index contributed by atoms with van der Waals surface area (Å²) < 4.78 is 11.1. The number of nitrogens with one attached hydrogen (secondary N) is 2. The zero-order valence-corrected chi connectivity index (χ0v) is 13.6. The number of aliphatic imine (C=N–C) groups is 1. The van der Waals surface area contributed by atoms with Crippen LogP contribution < -0.4 is 10.6 Å². The quantitative estimate of drug-likeness (QED) is 0.440. The predicted molar refractivity (Wildman–Crippen MR) is 89.2 cm³/mol. The molecule has 0 bridgehead atoms. The Kier molecular flexibility index (Phi) is 7.88. The van der Waals surface area contributed by atoms with Crippen LogP contribution in [0, 0.1) is 0 Å². The molecule has 5 nitrogen and oxygen atoms in total. The van der Waals surface area contributed by atoms with Crippen molar-refractivity contribution in [3.63, 3.8) is 0 Å². The molecule has 0 aliphatic carbocycles. The highest BCUT2D eigenvalue weighted by Gasteiger charge is 2.13. The van der Waals surface area contributed by atoms with E-state index in [0.717, 1.165) is 57.2 Å². The van der Waals surface area contributed by atoms with Gasteiger partial charge in [0, 0.05) is 26.1 Å². The van der Waals surface area contributed by atoms with Gasteiger partial charge in [0.1, 0.15) is 5.76 Å². The van der Waals surface area contributed by atoms with E-state index in [4.69, 9.17) is 9.15 Å². The second kappa shape index (κ2) is 10.3. The number of hydrogen-bond acceptors (Lipinski definition) is 3. The van der Waals surface area contributed by atoms with Crippen LogP contribution in [0.3, 0.4) is 0 Å². The Morgan fingerprint density at radius 2 is 2.23 bits per heavy atom. The zero-order valence-electron chi connectivity index (χ0n) is 13.6. The molecular weight excluding hydrogens is 278 g/mol. The van der Waals surface area contributed by atoms with E-state index in [9.17, 15) is 0 Å². The molecule has 22 heavy (non-hydrogen) atoms. The first-order valence-corrected chi connectivity index (χ1v) is 8.54. The van der Waals surface area contributed by atoms with Crippen LogP contribution in [0.25, 0.3) is 0 Å². The fourth-order valence-electron chi connectivity index (χ4n) is 2.46. The standard InChI is InChI=1S/C17H29N3O2/c1-2-3-10-18-17(19-11-9-15-8-6-13-21-15)20-14-16-7-4-5-12-22-16/h6,8,13,16H,2-5,7,9-12,14H2,1H3,(H2,18,19,20). The Labute approximate surface area is 133 Å². The van der Waals surface area contributed by atoms with Crippen LogP contribution >= 0.6 is 0 Å². The molecule has 1 saturated heterocycles. The highest BCUT2D eigenvalue weighted by atomic mass is 16.5. The molecule has 1 aromatic heterocycles. The van der Waals surface area contributed by atoms with Crippen LogP contribution in [-0.2, 0) is 11.2 Å². The topological polar surface area (TPSA) is 58.8 Å². The van der Waals surface area contributed by atoms with Gasteiger partial charge in [0.15, 0.2) is 5.96 Å². The van der Waals surface area contributed by atoms with Crippen molar-refractivity contribution in [1.82, 2.24) is 10.6 Å². The molecule has 1 aliphatic heterocycles. The van der Waals surface area contributed by atoms with Gasteiger partial charge in [0.2, 0.25) is 0 Å². The van der Waals surface area contributed by atoms with E-state index in [2.05, 4.69) is 22.5 Å². The third-order valence-corrected chi connectivity index (χ3v) is 3.79. The molecule has 2 N–H and O–H groups in total. The van der Waals surface area contributed by atoms with E-state index in [1.54, 1.807) is 6.26 Å². The molecular formula is C17H29N3O2. The van der Waals surface area contributed by atoms with Crippen molar-refractivity contribution in [3.8, 4) is 0 Å². The maximum atomic E-state index is 5.74. The zero-order chi connectivity index (χ0) is 15.5. The van der Waals surface area contributed by atoms with E-state index in [0.29, 0.717) is 0 Å². The van der Waals surface area contributed by atoms with Crippen LogP contribution in [0.2, 0.25) is 0 Å². The Morgan fingerprint density at radius 3 is 2.95 bits per heavy atom. The highest BCUT2D eigenvalue weighted by Crippen LogP contribution is 2.12. The van der Waals surface area contributed by atoms with Crippen molar-refractivity contribution in [2.24, 2.45) is 4.99 Å². The maximum Gasteiger partial charge on any atom is 0.191 e. The van der Waals surface area contributed by atoms with Gasteiger partial charge in [-0.05, 0) is 37.8 Å². The van der Waals surface area contributed by atoms with Gasteiger partial charge in [0.25, 0.3) is 0 Å².